The molecule has 63 valence electrons. The maximum absolute atomic E-state index is 5.36. The van der Waals surface area contributed by atoms with Crippen LogP contribution in [0.2, 0.25) is 0 Å². The van der Waals surface area contributed by atoms with Crippen LogP contribution in [-0.2, 0) is 11.3 Å². The fraction of sp³-hybridized carbons (Fsp3) is 0.0833. The van der Waals surface area contributed by atoms with Crippen molar-refractivity contribution in [3.63, 3.8) is 0 Å². The molecular formula is C12H9O. The molecule has 0 spiro atoms. The van der Waals surface area contributed by atoms with Crippen molar-refractivity contribution in [2.45, 2.75) is 6.61 Å². The molecule has 2 aromatic carbocycles. The first-order valence-electron chi connectivity index (χ1n) is 4.40. The number of ether oxygens (including phenoxy) is 1. The first kappa shape index (κ1) is 7.10. The smallest absolute Gasteiger partial charge is 0.114 e. The van der Waals surface area contributed by atoms with Crippen molar-refractivity contribution >= 4 is 10.8 Å². The second-order valence-corrected chi connectivity index (χ2v) is 3.29. The maximum atomic E-state index is 5.36. The van der Waals surface area contributed by atoms with E-state index < -0.39 is 0 Å². The van der Waals surface area contributed by atoms with Gasteiger partial charge < -0.3 is 4.74 Å². The van der Waals surface area contributed by atoms with Gasteiger partial charge in [0.15, 0.2) is 0 Å². The van der Waals surface area contributed by atoms with E-state index in [1.165, 1.54) is 21.9 Å². The predicted octanol–water partition coefficient (Wildman–Crippen LogP) is 2.88. The zero-order valence-corrected chi connectivity index (χ0v) is 7.16. The molecule has 0 fully saturated rings. The van der Waals surface area contributed by atoms with Crippen LogP contribution >= 0.6 is 0 Å². The van der Waals surface area contributed by atoms with E-state index in [1.807, 2.05) is 6.61 Å². The van der Waals surface area contributed by atoms with E-state index in [0.29, 0.717) is 6.61 Å². The quantitative estimate of drug-likeness (QED) is 0.589. The molecule has 0 atom stereocenters. The van der Waals surface area contributed by atoms with E-state index in [4.69, 9.17) is 4.74 Å². The van der Waals surface area contributed by atoms with Crippen LogP contribution in [-0.4, -0.2) is 0 Å². The third kappa shape index (κ3) is 0.973. The Morgan fingerprint density at radius 2 is 1.85 bits per heavy atom. The molecule has 1 aliphatic heterocycles. The molecule has 0 aliphatic carbocycles. The normalized spacial score (nSPS) is 14.8. The summed E-state index contributed by atoms with van der Waals surface area (Å²) in [4.78, 5) is 0. The lowest BCUT2D eigenvalue weighted by Gasteiger charge is -2.16. The summed E-state index contributed by atoms with van der Waals surface area (Å²) < 4.78 is 5.36. The van der Waals surface area contributed by atoms with Crippen molar-refractivity contribution in [3.8, 4) is 0 Å². The molecule has 1 nitrogen and oxygen atoms in total. The summed E-state index contributed by atoms with van der Waals surface area (Å²) in [5.41, 5.74) is 2.48. The molecule has 13 heavy (non-hydrogen) atoms. The van der Waals surface area contributed by atoms with Gasteiger partial charge in [-0.15, -0.1) is 0 Å². The summed E-state index contributed by atoms with van der Waals surface area (Å²) in [7, 11) is 0. The van der Waals surface area contributed by atoms with Gasteiger partial charge >= 0.3 is 0 Å². The summed E-state index contributed by atoms with van der Waals surface area (Å²) in [6, 6.07) is 12.6. The molecule has 0 aromatic heterocycles. The molecule has 0 amide bonds. The highest BCUT2D eigenvalue weighted by Gasteiger charge is 2.11. The van der Waals surface area contributed by atoms with E-state index in [9.17, 15) is 0 Å². The largest absolute Gasteiger partial charge is 0.366 e. The Balaban J connectivity index is 2.49. The van der Waals surface area contributed by atoms with Crippen LogP contribution in [0, 0.1) is 6.61 Å². The van der Waals surface area contributed by atoms with Gasteiger partial charge in [0.2, 0.25) is 0 Å². The SMILES string of the molecule is [CH]1OCc2cccc3cccc1c23. The van der Waals surface area contributed by atoms with E-state index >= 15 is 0 Å². The van der Waals surface area contributed by atoms with E-state index in [1.54, 1.807) is 0 Å². The summed E-state index contributed by atoms with van der Waals surface area (Å²) in [6.07, 6.45) is 0. The summed E-state index contributed by atoms with van der Waals surface area (Å²) in [5.74, 6) is 0. The molecule has 2 aromatic rings. The third-order valence-corrected chi connectivity index (χ3v) is 2.47. The van der Waals surface area contributed by atoms with Gasteiger partial charge in [0.1, 0.15) is 6.61 Å². The van der Waals surface area contributed by atoms with Gasteiger partial charge in [0, 0.05) is 0 Å². The van der Waals surface area contributed by atoms with Crippen molar-refractivity contribution in [1.29, 1.82) is 0 Å². The lowest BCUT2D eigenvalue weighted by molar-refractivity contribution is 0.195. The number of benzene rings is 2. The van der Waals surface area contributed by atoms with Crippen LogP contribution < -0.4 is 0 Å². The van der Waals surface area contributed by atoms with Crippen LogP contribution in [0.15, 0.2) is 36.4 Å². The summed E-state index contributed by atoms with van der Waals surface area (Å²) in [6.45, 7) is 2.55. The molecule has 1 heterocycles. The zero-order chi connectivity index (χ0) is 8.67. The molecule has 0 N–H and O–H groups in total. The number of hydrogen-bond donors (Lipinski definition) is 0. The van der Waals surface area contributed by atoms with Crippen molar-refractivity contribution in [3.05, 3.63) is 54.1 Å². The van der Waals surface area contributed by atoms with Crippen molar-refractivity contribution in [1.82, 2.24) is 0 Å². The molecule has 3 rings (SSSR count). The Kier molecular flexibility index (Phi) is 1.41. The Labute approximate surface area is 77.0 Å². The molecule has 0 bridgehead atoms. The first-order chi connectivity index (χ1) is 6.45. The average Bonchev–Trinajstić information content (AvgIpc) is 2.19. The van der Waals surface area contributed by atoms with E-state index in [0.717, 1.165) is 0 Å². The molecule has 1 aliphatic rings. The Morgan fingerprint density at radius 1 is 1.00 bits per heavy atom. The topological polar surface area (TPSA) is 9.23 Å². The number of rotatable bonds is 0. The van der Waals surface area contributed by atoms with E-state index in [2.05, 4.69) is 36.4 Å². The molecule has 1 radical (unpaired) electrons. The highest BCUT2D eigenvalue weighted by molar-refractivity contribution is 5.90. The minimum atomic E-state index is 0.703. The minimum Gasteiger partial charge on any atom is -0.366 e. The van der Waals surface area contributed by atoms with Gasteiger partial charge in [-0.2, -0.15) is 0 Å². The van der Waals surface area contributed by atoms with Crippen molar-refractivity contribution in [2.75, 3.05) is 0 Å². The second kappa shape index (κ2) is 2.57. The monoisotopic (exact) mass is 169 g/mol. The van der Waals surface area contributed by atoms with Crippen molar-refractivity contribution in [2.24, 2.45) is 0 Å². The molecule has 0 saturated heterocycles. The van der Waals surface area contributed by atoms with Gasteiger partial charge in [-0.25, -0.2) is 0 Å². The molecule has 0 saturated carbocycles. The van der Waals surface area contributed by atoms with E-state index in [-0.39, 0.29) is 0 Å². The third-order valence-electron chi connectivity index (χ3n) is 2.47. The Morgan fingerprint density at radius 3 is 2.77 bits per heavy atom. The van der Waals surface area contributed by atoms with Crippen LogP contribution in [0.3, 0.4) is 0 Å². The van der Waals surface area contributed by atoms with Crippen LogP contribution in [0.5, 0.6) is 0 Å². The fourth-order valence-electron chi connectivity index (χ4n) is 1.89. The van der Waals surface area contributed by atoms with Gasteiger partial charge in [0.25, 0.3) is 0 Å². The van der Waals surface area contributed by atoms with Crippen LogP contribution in [0.1, 0.15) is 11.1 Å². The maximum Gasteiger partial charge on any atom is 0.114 e. The predicted molar refractivity (Wildman–Crippen MR) is 52.1 cm³/mol. The highest BCUT2D eigenvalue weighted by atomic mass is 16.5. The van der Waals surface area contributed by atoms with Crippen molar-refractivity contribution < 1.29 is 4.74 Å². The molecular weight excluding hydrogens is 160 g/mol. The average molecular weight is 169 g/mol. The summed E-state index contributed by atoms with van der Waals surface area (Å²) in [5, 5.41) is 2.64. The van der Waals surface area contributed by atoms with Gasteiger partial charge in [-0.1, -0.05) is 36.4 Å². The second-order valence-electron chi connectivity index (χ2n) is 3.29. The molecule has 1 heteroatoms. The van der Waals surface area contributed by atoms with Gasteiger partial charge in [-0.3, -0.25) is 0 Å². The summed E-state index contributed by atoms with van der Waals surface area (Å²) >= 11 is 0. The number of hydrogen-bond acceptors (Lipinski definition) is 1. The van der Waals surface area contributed by atoms with Gasteiger partial charge in [-0.05, 0) is 21.9 Å². The standard InChI is InChI=1S/C12H9O/c1-3-9-4-2-6-11-8-13-7-10(5-1)12(9)11/h1-7H,8H2. The lowest BCUT2D eigenvalue weighted by atomic mass is 9.98. The molecule has 0 unspecified atom stereocenters. The van der Waals surface area contributed by atoms with Crippen LogP contribution in [0.4, 0.5) is 0 Å². The highest BCUT2D eigenvalue weighted by Crippen LogP contribution is 2.28. The Hall–Kier alpha value is -1.34. The Bertz CT molecular complexity index is 421. The first-order valence-corrected chi connectivity index (χ1v) is 4.40. The zero-order valence-electron chi connectivity index (χ0n) is 7.16. The van der Waals surface area contributed by atoms with Gasteiger partial charge in [0.05, 0.1) is 6.61 Å². The van der Waals surface area contributed by atoms with Crippen LogP contribution in [0.25, 0.3) is 10.8 Å². The fourth-order valence-corrected chi connectivity index (χ4v) is 1.89. The lowest BCUT2D eigenvalue weighted by Crippen LogP contribution is -2.01. The minimum absolute atomic E-state index is 0.703.